The van der Waals surface area contributed by atoms with Crippen molar-refractivity contribution in [3.8, 4) is 0 Å². The van der Waals surface area contributed by atoms with Crippen LogP contribution in [0.5, 0.6) is 0 Å². The summed E-state index contributed by atoms with van der Waals surface area (Å²) < 4.78 is 0. The van der Waals surface area contributed by atoms with Crippen LogP contribution in [0.15, 0.2) is 4.99 Å². The Morgan fingerprint density at radius 2 is 1.71 bits per heavy atom. The van der Waals surface area contributed by atoms with Crippen LogP contribution in [0.4, 0.5) is 0 Å². The van der Waals surface area contributed by atoms with Gasteiger partial charge in [0.15, 0.2) is 5.96 Å². The van der Waals surface area contributed by atoms with Crippen molar-refractivity contribution in [2.24, 2.45) is 28.1 Å². The third-order valence-electron chi connectivity index (χ3n) is 4.36. The van der Waals surface area contributed by atoms with Gasteiger partial charge in [0.2, 0.25) is 11.8 Å². The van der Waals surface area contributed by atoms with Gasteiger partial charge in [0.05, 0.1) is 6.04 Å². The Hall–Kier alpha value is -2.01. The first-order valence-electron chi connectivity index (χ1n) is 9.27. The quantitative estimate of drug-likeness (QED) is 0.120. The summed E-state index contributed by atoms with van der Waals surface area (Å²) in [5.41, 5.74) is 16.4. The molecule has 0 saturated heterocycles. The molecule has 0 aromatic carbocycles. The zero-order chi connectivity index (χ0) is 21.7. The van der Waals surface area contributed by atoms with E-state index in [9.17, 15) is 19.5 Å². The lowest BCUT2D eigenvalue weighted by atomic mass is 9.99. The fraction of sp³-hybridized carbons (Fsp3) is 0.765. The SMILES string of the molecule is CC[C@H](C)[C@H](N)C(=O)N[C@@H](CCSC)C(=O)N[C@@H](CCCN=C(N)N)C(=O)O. The maximum atomic E-state index is 12.6. The number of nitrogens with one attached hydrogen (secondary N) is 2. The minimum atomic E-state index is -1.16. The van der Waals surface area contributed by atoms with Gasteiger partial charge in [-0.05, 0) is 37.2 Å². The Bertz CT molecular complexity index is 542. The van der Waals surface area contributed by atoms with Crippen molar-refractivity contribution in [2.45, 2.75) is 57.7 Å². The Kier molecular flexibility index (Phi) is 13.0. The van der Waals surface area contributed by atoms with E-state index in [2.05, 4.69) is 15.6 Å². The molecule has 10 nitrogen and oxygen atoms in total. The number of nitrogens with zero attached hydrogens (tertiary/aromatic N) is 1. The van der Waals surface area contributed by atoms with E-state index in [1.54, 1.807) is 0 Å². The molecule has 9 N–H and O–H groups in total. The van der Waals surface area contributed by atoms with Gasteiger partial charge in [-0.3, -0.25) is 14.6 Å². The monoisotopic (exact) mass is 418 g/mol. The zero-order valence-corrected chi connectivity index (χ0v) is 17.6. The molecule has 0 aliphatic heterocycles. The van der Waals surface area contributed by atoms with Gasteiger partial charge in [0, 0.05) is 6.54 Å². The standard InChI is InChI=1S/C17H34N6O4S/c1-4-10(2)13(18)15(25)22-11(7-9-28-3)14(24)23-12(16(26)27)6-5-8-21-17(19)20/h10-13H,4-9,18H2,1-3H3,(H,22,25)(H,23,24)(H,26,27)(H4,19,20,21)/t10-,11-,12-,13-/m0/s1. The summed E-state index contributed by atoms with van der Waals surface area (Å²) in [6, 6.07) is -2.68. The molecule has 162 valence electrons. The predicted octanol–water partition coefficient (Wildman–Crippen LogP) is -0.779. The number of hydrogen-bond acceptors (Lipinski definition) is 6. The van der Waals surface area contributed by atoms with Crippen molar-refractivity contribution >= 4 is 35.5 Å². The van der Waals surface area contributed by atoms with Crippen LogP contribution in [0.2, 0.25) is 0 Å². The van der Waals surface area contributed by atoms with E-state index in [1.807, 2.05) is 20.1 Å². The number of rotatable bonds is 14. The van der Waals surface area contributed by atoms with E-state index >= 15 is 0 Å². The van der Waals surface area contributed by atoms with Gasteiger partial charge >= 0.3 is 5.97 Å². The van der Waals surface area contributed by atoms with E-state index in [4.69, 9.17) is 17.2 Å². The molecule has 0 fully saturated rings. The molecule has 0 radical (unpaired) electrons. The molecular weight excluding hydrogens is 384 g/mol. The number of thioether (sulfide) groups is 1. The summed E-state index contributed by atoms with van der Waals surface area (Å²) in [4.78, 5) is 40.2. The summed E-state index contributed by atoms with van der Waals surface area (Å²) in [6.07, 6.45) is 3.52. The smallest absolute Gasteiger partial charge is 0.326 e. The molecule has 0 aromatic heterocycles. The van der Waals surface area contributed by atoms with Gasteiger partial charge in [0.1, 0.15) is 12.1 Å². The highest BCUT2D eigenvalue weighted by Crippen LogP contribution is 2.08. The summed E-state index contributed by atoms with van der Waals surface area (Å²) in [7, 11) is 0. The molecule has 0 unspecified atom stereocenters. The van der Waals surface area contributed by atoms with Crippen LogP contribution in [0.1, 0.15) is 39.5 Å². The highest BCUT2D eigenvalue weighted by molar-refractivity contribution is 7.98. The van der Waals surface area contributed by atoms with Gasteiger partial charge < -0.3 is 32.9 Å². The van der Waals surface area contributed by atoms with Crippen LogP contribution in [0.3, 0.4) is 0 Å². The summed E-state index contributed by atoms with van der Waals surface area (Å²) in [5.74, 6) is -1.62. The largest absolute Gasteiger partial charge is 0.480 e. The first-order valence-corrected chi connectivity index (χ1v) is 10.7. The van der Waals surface area contributed by atoms with Crippen LogP contribution in [0, 0.1) is 5.92 Å². The number of carbonyl (C=O) groups excluding carboxylic acids is 2. The molecule has 0 aliphatic carbocycles. The zero-order valence-electron chi connectivity index (χ0n) is 16.8. The van der Waals surface area contributed by atoms with E-state index in [0.29, 0.717) is 18.6 Å². The van der Waals surface area contributed by atoms with Crippen molar-refractivity contribution in [1.82, 2.24) is 10.6 Å². The fourth-order valence-electron chi connectivity index (χ4n) is 2.32. The lowest BCUT2D eigenvalue weighted by Crippen LogP contribution is -2.55. The number of nitrogens with two attached hydrogens (primary N) is 3. The van der Waals surface area contributed by atoms with E-state index in [-0.39, 0.29) is 24.8 Å². The van der Waals surface area contributed by atoms with Crippen molar-refractivity contribution in [3.63, 3.8) is 0 Å². The molecular formula is C17H34N6O4S. The molecule has 0 heterocycles. The highest BCUT2D eigenvalue weighted by Gasteiger charge is 2.28. The summed E-state index contributed by atoms with van der Waals surface area (Å²) >= 11 is 1.52. The topological polar surface area (TPSA) is 186 Å². The van der Waals surface area contributed by atoms with Crippen LogP contribution in [-0.2, 0) is 14.4 Å². The highest BCUT2D eigenvalue weighted by atomic mass is 32.2. The predicted molar refractivity (Wildman–Crippen MR) is 112 cm³/mol. The Labute approximate surface area is 170 Å². The lowest BCUT2D eigenvalue weighted by Gasteiger charge is -2.24. The minimum absolute atomic E-state index is 0.0356. The summed E-state index contributed by atoms with van der Waals surface area (Å²) in [6.45, 7) is 4.05. The number of carbonyl (C=O) groups is 3. The second-order valence-electron chi connectivity index (χ2n) is 6.60. The second-order valence-corrected chi connectivity index (χ2v) is 7.59. The molecule has 0 aliphatic rings. The number of amides is 2. The molecule has 0 aromatic rings. The molecule has 2 amide bonds. The van der Waals surface area contributed by atoms with E-state index in [0.717, 1.165) is 6.42 Å². The van der Waals surface area contributed by atoms with Crippen molar-refractivity contribution < 1.29 is 19.5 Å². The lowest BCUT2D eigenvalue weighted by molar-refractivity contribution is -0.142. The average molecular weight is 419 g/mol. The van der Waals surface area contributed by atoms with Crippen LogP contribution in [0.25, 0.3) is 0 Å². The number of hydrogen-bond donors (Lipinski definition) is 6. The Balaban J connectivity index is 4.97. The number of aliphatic carboxylic acids is 1. The Morgan fingerprint density at radius 1 is 1.11 bits per heavy atom. The van der Waals surface area contributed by atoms with Crippen molar-refractivity contribution in [3.05, 3.63) is 0 Å². The molecule has 4 atom stereocenters. The molecule has 28 heavy (non-hydrogen) atoms. The van der Waals surface area contributed by atoms with E-state index in [1.165, 1.54) is 11.8 Å². The number of aliphatic imine (C=N–C) groups is 1. The van der Waals surface area contributed by atoms with Crippen LogP contribution < -0.4 is 27.8 Å². The third kappa shape index (κ3) is 10.4. The molecule has 0 rings (SSSR count). The number of guanidine groups is 1. The number of carboxylic acids is 1. The van der Waals surface area contributed by atoms with Gasteiger partial charge in [-0.1, -0.05) is 20.3 Å². The van der Waals surface area contributed by atoms with Crippen LogP contribution in [-0.4, -0.2) is 65.5 Å². The van der Waals surface area contributed by atoms with Gasteiger partial charge in [-0.25, -0.2) is 4.79 Å². The maximum absolute atomic E-state index is 12.6. The van der Waals surface area contributed by atoms with E-state index < -0.39 is 35.9 Å². The van der Waals surface area contributed by atoms with Crippen molar-refractivity contribution in [1.29, 1.82) is 0 Å². The normalized spacial score (nSPS) is 15.0. The molecule has 11 heteroatoms. The van der Waals surface area contributed by atoms with Gasteiger partial charge in [-0.15, -0.1) is 0 Å². The van der Waals surface area contributed by atoms with Gasteiger partial charge in [0.25, 0.3) is 0 Å². The second kappa shape index (κ2) is 14.1. The Morgan fingerprint density at radius 3 is 2.21 bits per heavy atom. The molecule has 0 saturated carbocycles. The molecule has 0 spiro atoms. The average Bonchev–Trinajstić information content (AvgIpc) is 2.65. The molecule has 0 bridgehead atoms. The fourth-order valence-corrected chi connectivity index (χ4v) is 2.79. The number of carboxylic acid groups (broad SMARTS) is 1. The third-order valence-corrected chi connectivity index (χ3v) is 5.01. The van der Waals surface area contributed by atoms with Crippen LogP contribution >= 0.6 is 11.8 Å². The van der Waals surface area contributed by atoms with Gasteiger partial charge in [-0.2, -0.15) is 11.8 Å². The van der Waals surface area contributed by atoms with Crippen molar-refractivity contribution in [2.75, 3.05) is 18.6 Å². The summed E-state index contributed by atoms with van der Waals surface area (Å²) in [5, 5.41) is 14.5. The first-order chi connectivity index (χ1) is 13.1. The minimum Gasteiger partial charge on any atom is -0.480 e. The first kappa shape index (κ1) is 26.0. The maximum Gasteiger partial charge on any atom is 0.326 e.